The van der Waals surface area contributed by atoms with Gasteiger partial charge in [0.15, 0.2) is 0 Å². The lowest BCUT2D eigenvalue weighted by Crippen LogP contribution is -2.37. The highest BCUT2D eigenvalue weighted by Gasteiger charge is 2.24. The van der Waals surface area contributed by atoms with Gasteiger partial charge in [-0.1, -0.05) is 30.9 Å². The number of nitrogens with one attached hydrogen (secondary N) is 3. The molecule has 3 N–H and O–H groups in total. The van der Waals surface area contributed by atoms with Crippen LogP contribution in [0, 0.1) is 20.8 Å². The monoisotopic (exact) mass is 516 g/mol. The molecule has 7 nitrogen and oxygen atoms in total. The molecule has 0 spiro atoms. The van der Waals surface area contributed by atoms with E-state index in [2.05, 4.69) is 27.4 Å². The van der Waals surface area contributed by atoms with Gasteiger partial charge in [0, 0.05) is 59.8 Å². The van der Waals surface area contributed by atoms with E-state index in [0.29, 0.717) is 22.2 Å². The number of carbonyl (C=O) groups excluding carboxylic acids is 1. The van der Waals surface area contributed by atoms with E-state index in [-0.39, 0.29) is 18.0 Å². The third kappa shape index (κ3) is 7.58. The molecule has 2 fully saturated rings. The summed E-state index contributed by atoms with van der Waals surface area (Å²) in [5, 5.41) is 6.63. The number of aryl methyl sites for hydroxylation is 2. The number of pyridine rings is 1. The van der Waals surface area contributed by atoms with Crippen LogP contribution in [0.5, 0.6) is 0 Å². The SMILES string of the molecule is C1COCCN1.CCN(c1cc(Cl)cc(C(=O)NCc2c(C)cc(C)[nH]c2=O)c1C)C1CCCCC1. The standard InChI is InChI=1S/C24H32ClN3O2.C4H9NO/c1-5-28(19-9-7-6-8-10-19)22-13-18(25)12-20(17(22)4)23(29)26-14-21-15(2)11-16(3)27-24(21)30;1-3-6-4-2-5-1/h11-13,19H,5-10,14H2,1-4H3,(H,26,29)(H,27,30);5H,1-4H2. The van der Waals surface area contributed by atoms with Crippen molar-refractivity contribution >= 4 is 23.2 Å². The Kier molecular flexibility index (Phi) is 10.8. The summed E-state index contributed by atoms with van der Waals surface area (Å²) in [6.45, 7) is 12.8. The molecular weight excluding hydrogens is 476 g/mol. The van der Waals surface area contributed by atoms with Gasteiger partial charge < -0.3 is 25.3 Å². The first-order valence-electron chi connectivity index (χ1n) is 13.1. The Morgan fingerprint density at radius 3 is 2.36 bits per heavy atom. The van der Waals surface area contributed by atoms with E-state index in [1.54, 1.807) is 6.07 Å². The number of aromatic nitrogens is 1. The highest BCUT2D eigenvalue weighted by molar-refractivity contribution is 6.31. The molecule has 1 aliphatic heterocycles. The molecule has 2 aliphatic rings. The lowest BCUT2D eigenvalue weighted by atomic mass is 9.93. The molecule has 1 aromatic carbocycles. The fourth-order valence-electron chi connectivity index (χ4n) is 5.10. The second-order valence-corrected chi connectivity index (χ2v) is 10.1. The van der Waals surface area contributed by atoms with Crippen molar-refractivity contribution in [1.82, 2.24) is 15.6 Å². The van der Waals surface area contributed by atoms with E-state index in [9.17, 15) is 9.59 Å². The number of amides is 1. The number of morpholine rings is 1. The number of anilines is 1. The summed E-state index contributed by atoms with van der Waals surface area (Å²) < 4.78 is 5.01. The number of carbonyl (C=O) groups is 1. The quantitative estimate of drug-likeness (QED) is 0.520. The summed E-state index contributed by atoms with van der Waals surface area (Å²) in [6, 6.07) is 6.09. The number of halogens is 1. The average Bonchev–Trinajstić information content (AvgIpc) is 2.87. The molecule has 1 saturated heterocycles. The van der Waals surface area contributed by atoms with Gasteiger partial charge in [0.1, 0.15) is 0 Å². The summed E-state index contributed by atoms with van der Waals surface area (Å²) in [5.41, 5.74) is 4.62. The minimum atomic E-state index is -0.213. The van der Waals surface area contributed by atoms with Crippen molar-refractivity contribution < 1.29 is 9.53 Å². The second kappa shape index (κ2) is 13.8. The Morgan fingerprint density at radius 2 is 1.81 bits per heavy atom. The molecule has 2 heterocycles. The zero-order valence-corrected chi connectivity index (χ0v) is 22.9. The number of hydrogen-bond donors (Lipinski definition) is 3. The van der Waals surface area contributed by atoms with Crippen molar-refractivity contribution in [2.45, 2.75) is 72.4 Å². The topological polar surface area (TPSA) is 86.5 Å². The van der Waals surface area contributed by atoms with E-state index >= 15 is 0 Å². The molecular formula is C28H41ClN4O3. The third-order valence-corrected chi connectivity index (χ3v) is 7.24. The van der Waals surface area contributed by atoms with Crippen LogP contribution >= 0.6 is 11.6 Å². The molecule has 36 heavy (non-hydrogen) atoms. The molecule has 1 aliphatic carbocycles. The largest absolute Gasteiger partial charge is 0.379 e. The van der Waals surface area contributed by atoms with E-state index in [1.165, 1.54) is 32.1 Å². The first kappa shape index (κ1) is 28.2. The predicted octanol–water partition coefficient (Wildman–Crippen LogP) is 4.65. The van der Waals surface area contributed by atoms with Crippen LogP contribution in [-0.2, 0) is 11.3 Å². The molecule has 1 aromatic heterocycles. The first-order chi connectivity index (χ1) is 17.3. The Hall–Kier alpha value is -2.35. The van der Waals surface area contributed by atoms with Gasteiger partial charge in [0.05, 0.1) is 13.2 Å². The van der Waals surface area contributed by atoms with Crippen LogP contribution in [0.1, 0.15) is 71.8 Å². The summed E-state index contributed by atoms with van der Waals surface area (Å²) in [5.74, 6) is -0.213. The Morgan fingerprint density at radius 1 is 1.11 bits per heavy atom. The van der Waals surface area contributed by atoms with E-state index in [1.807, 2.05) is 32.9 Å². The van der Waals surface area contributed by atoms with Crippen molar-refractivity contribution in [2.24, 2.45) is 0 Å². The predicted molar refractivity (Wildman–Crippen MR) is 147 cm³/mol. The maximum absolute atomic E-state index is 13.0. The van der Waals surface area contributed by atoms with Crippen LogP contribution in [0.25, 0.3) is 0 Å². The van der Waals surface area contributed by atoms with Crippen LogP contribution in [0.4, 0.5) is 5.69 Å². The van der Waals surface area contributed by atoms with Gasteiger partial charge in [0.2, 0.25) is 0 Å². The number of ether oxygens (including phenoxy) is 1. The minimum absolute atomic E-state index is 0.161. The third-order valence-electron chi connectivity index (χ3n) is 7.02. The zero-order chi connectivity index (χ0) is 26.1. The molecule has 0 unspecified atom stereocenters. The Bertz CT molecular complexity index is 1060. The Labute approximate surface area is 220 Å². The molecule has 0 radical (unpaired) electrons. The normalized spacial score (nSPS) is 16.1. The number of aromatic amines is 1. The van der Waals surface area contributed by atoms with Crippen LogP contribution in [0.3, 0.4) is 0 Å². The van der Waals surface area contributed by atoms with Gasteiger partial charge in [-0.2, -0.15) is 0 Å². The van der Waals surface area contributed by atoms with Gasteiger partial charge in [-0.15, -0.1) is 0 Å². The number of H-pyrrole nitrogens is 1. The number of nitrogens with zero attached hydrogens (tertiary/aromatic N) is 1. The van der Waals surface area contributed by atoms with Gasteiger partial charge in [-0.3, -0.25) is 9.59 Å². The summed E-state index contributed by atoms with van der Waals surface area (Å²) in [6.07, 6.45) is 6.15. The molecule has 0 atom stereocenters. The fraction of sp³-hybridized carbons (Fsp3) is 0.571. The van der Waals surface area contributed by atoms with Crippen molar-refractivity contribution in [3.63, 3.8) is 0 Å². The smallest absolute Gasteiger partial charge is 0.253 e. The van der Waals surface area contributed by atoms with Crippen molar-refractivity contribution in [3.8, 4) is 0 Å². The summed E-state index contributed by atoms with van der Waals surface area (Å²) in [7, 11) is 0. The van der Waals surface area contributed by atoms with Gasteiger partial charge in [0.25, 0.3) is 11.5 Å². The number of benzene rings is 1. The maximum atomic E-state index is 13.0. The average molecular weight is 517 g/mol. The molecule has 2 aromatic rings. The van der Waals surface area contributed by atoms with Crippen LogP contribution in [0.2, 0.25) is 5.02 Å². The molecule has 0 bridgehead atoms. The van der Waals surface area contributed by atoms with Crippen LogP contribution < -0.4 is 21.1 Å². The van der Waals surface area contributed by atoms with Crippen molar-refractivity contribution in [3.05, 3.63) is 61.5 Å². The van der Waals surface area contributed by atoms with Crippen molar-refractivity contribution in [2.75, 3.05) is 37.7 Å². The van der Waals surface area contributed by atoms with E-state index in [0.717, 1.165) is 55.4 Å². The molecule has 4 rings (SSSR count). The maximum Gasteiger partial charge on any atom is 0.253 e. The van der Waals surface area contributed by atoms with Crippen molar-refractivity contribution in [1.29, 1.82) is 0 Å². The molecule has 1 saturated carbocycles. The summed E-state index contributed by atoms with van der Waals surface area (Å²) in [4.78, 5) is 30.5. The van der Waals surface area contributed by atoms with Gasteiger partial charge in [-0.05, 0) is 69.9 Å². The van der Waals surface area contributed by atoms with Crippen LogP contribution in [0.15, 0.2) is 23.0 Å². The Balaban J connectivity index is 0.000000526. The fourth-order valence-corrected chi connectivity index (χ4v) is 5.31. The number of rotatable bonds is 6. The van der Waals surface area contributed by atoms with E-state index < -0.39 is 0 Å². The van der Waals surface area contributed by atoms with Gasteiger partial charge in [-0.25, -0.2) is 0 Å². The first-order valence-corrected chi connectivity index (χ1v) is 13.5. The lowest BCUT2D eigenvalue weighted by molar-refractivity contribution is 0.0950. The van der Waals surface area contributed by atoms with Crippen LogP contribution in [-0.4, -0.2) is 49.8 Å². The highest BCUT2D eigenvalue weighted by Crippen LogP contribution is 2.33. The number of hydrogen-bond acceptors (Lipinski definition) is 5. The molecule has 198 valence electrons. The molecule has 8 heteroatoms. The summed E-state index contributed by atoms with van der Waals surface area (Å²) >= 11 is 6.43. The minimum Gasteiger partial charge on any atom is -0.379 e. The lowest BCUT2D eigenvalue weighted by Gasteiger charge is -2.36. The zero-order valence-electron chi connectivity index (χ0n) is 22.1. The second-order valence-electron chi connectivity index (χ2n) is 9.66. The molecule has 1 amide bonds. The highest BCUT2D eigenvalue weighted by atomic mass is 35.5. The van der Waals surface area contributed by atoms with Gasteiger partial charge >= 0.3 is 0 Å². The van der Waals surface area contributed by atoms with E-state index in [4.69, 9.17) is 16.3 Å².